The molecule has 0 aliphatic carbocycles. The minimum Gasteiger partial charge on any atom is -0.509 e. The van der Waals surface area contributed by atoms with Crippen molar-refractivity contribution in [3.8, 4) is 69.4 Å². The van der Waals surface area contributed by atoms with Crippen LogP contribution in [0.4, 0.5) is 0 Å². The van der Waals surface area contributed by atoms with Crippen molar-refractivity contribution in [3.05, 3.63) is 332 Å². The molecule has 0 N–H and O–H groups in total. The second-order valence-electron chi connectivity index (χ2n) is 33.4. The van der Waals surface area contributed by atoms with E-state index in [2.05, 4.69) is 303 Å². The van der Waals surface area contributed by atoms with Gasteiger partial charge in [0.1, 0.15) is 37.2 Å². The van der Waals surface area contributed by atoms with Crippen LogP contribution in [0.5, 0.6) is 11.5 Å². The smallest absolute Gasteiger partial charge is 0.509 e. The largest absolute Gasteiger partial charge is 2.00 e. The fourth-order valence-corrected chi connectivity index (χ4v) is 21.3. The van der Waals surface area contributed by atoms with Gasteiger partial charge in [-0.05, 0) is 82.1 Å². The van der Waals surface area contributed by atoms with Crippen molar-refractivity contribution >= 4 is 74.6 Å². The maximum absolute atomic E-state index is 5.82. The number of pyridine rings is 4. The van der Waals surface area contributed by atoms with E-state index in [1.165, 1.54) is 67.1 Å². The summed E-state index contributed by atoms with van der Waals surface area (Å²) in [4.78, 5) is 69.0. The average Bonchev–Trinajstić information content (AvgIpc) is 1.45. The van der Waals surface area contributed by atoms with E-state index in [1.807, 2.05) is 155 Å². The van der Waals surface area contributed by atoms with Crippen LogP contribution in [0, 0.1) is 62.2 Å². The molecule has 776 valence electrons. The molecule has 0 aliphatic heterocycles. The molecule has 20 aromatic rings. The Bertz CT molecular complexity index is 6300. The number of aromatic nitrogens is 36. The van der Waals surface area contributed by atoms with Crippen LogP contribution in [-0.2, 0) is 116 Å². The molecule has 0 spiro atoms. The van der Waals surface area contributed by atoms with Gasteiger partial charge in [-0.25, -0.2) is 49.9 Å². The Morgan fingerprint density at radius 2 is 0.575 bits per heavy atom. The molecule has 0 radical (unpaired) electrons. The van der Waals surface area contributed by atoms with Crippen LogP contribution in [0.2, 0.25) is 52.4 Å². The van der Waals surface area contributed by atoms with Gasteiger partial charge in [-0.3, -0.25) is 29.3 Å². The molecule has 16 aromatic heterocycles. The molecule has 16 heterocycles. The van der Waals surface area contributed by atoms with E-state index in [1.54, 1.807) is 56.2 Å². The van der Waals surface area contributed by atoms with Crippen LogP contribution in [0.15, 0.2) is 258 Å². The fraction of sp³-hybridized carbons (Fsp3) is 0.260. The third kappa shape index (κ3) is 31.7. The van der Waals surface area contributed by atoms with Crippen molar-refractivity contribution in [2.75, 3.05) is 0 Å². The molecular formula is C100H124N36OPt5Si4. The van der Waals surface area contributed by atoms with Gasteiger partial charge in [0.15, 0.2) is 24.2 Å². The molecule has 0 bridgehead atoms. The Hall–Kier alpha value is -12.7. The fourth-order valence-electron chi connectivity index (χ4n) is 12.9. The molecule has 0 aliphatic rings. The standard InChI is InChI=1S/C24H30N8Si.C20H18N4Si.C16H14N8Si.C16H10N6O.C14H12N10Si.10CH4.5Pt/c1-23(2,3)21-25-15-31(29-21)17-11-9-13-19(27-17)33(7,8)20-14-10-12-18(28-20)32-16-26-22(30-32)24(4,5)6;1-25(2,19-9-3-7-17(15-19)23-13-5-11-21-23)20-10-4-8-18(16-20)24-14-6-12-22-24;1-25(2,15-7-3-5-13(21-15)23-11-17-9-19-23)16-8-4-6-14(22-16)24-12-18-10-20-24;1-3-13(21-11-17-9-19-21)7-15(5-1)23-16-6-2-4-14(8-16)22-12-18-10-20-22;1-25(2,11-3-5-17-13(21-11)23-9-15-7-19-23)12-4-6-18-14(22-12)24-10-16-8-20-24;;;;;;;;;;;;;;;/h9-14H,1-8H3;3-14H,1-2H3;3-10H,1-2H3;1-6,9-12H;3-8H,1-2H3;10*1H4;;;;;/q5*-2;;;;;;;;;;;5*+2. The average molecular weight is 2930 g/mol. The predicted octanol–water partition coefficient (Wildman–Crippen LogP) is 12.6. The van der Waals surface area contributed by atoms with Crippen LogP contribution >= 0.6 is 0 Å². The Morgan fingerprint density at radius 1 is 0.274 bits per heavy atom. The molecule has 37 nitrogen and oxygen atoms in total. The van der Waals surface area contributed by atoms with E-state index in [-0.39, 0.29) is 190 Å². The summed E-state index contributed by atoms with van der Waals surface area (Å²) in [7, 11) is -8.47. The Balaban J connectivity index is 0.000000894. The van der Waals surface area contributed by atoms with Crippen molar-refractivity contribution < 1.29 is 110 Å². The summed E-state index contributed by atoms with van der Waals surface area (Å²) in [6.45, 7) is 30.3. The quantitative estimate of drug-likeness (QED) is 0.0505. The van der Waals surface area contributed by atoms with Gasteiger partial charge in [-0.15, -0.1) is 48.5 Å². The molecule has 0 saturated carbocycles. The SMILES string of the molecule is C.C.C.C.C.C.C.C.C.C.CC(C)(C)c1n[c-]n(-c2cccc([Si](C)(C)c3cccc(-n4[c-]nc(C(C)(C)C)n4)n3)n2)n1.C[Si](C)(c1[c-]c(-n2cccn2)ccc1)c1[c-]c(-n2cccn2)ccc1.C[Si](C)(c1cccc(-n2[c-]ncn2)n1)c1cccc(-n2[c-]ncn2)n1.C[Si](C)(c1ccnc(-n2[c-]ncn2)n1)c1ccnc(-n2[c-]ncn2)n1.[Pt+2].[Pt+2].[Pt+2].[Pt+2].[Pt+2].[c-]1c(Oc2[c-]c(-n3cncn3)ccc2)cccc1-n1cncn1. The van der Waals surface area contributed by atoms with Crippen LogP contribution in [0.25, 0.3) is 57.9 Å². The molecule has 0 unspecified atom stereocenters. The van der Waals surface area contributed by atoms with Gasteiger partial charge in [-0.1, -0.05) is 217 Å². The normalized spacial score (nSPS) is 10.5. The van der Waals surface area contributed by atoms with Crippen molar-refractivity contribution in [1.29, 1.82) is 0 Å². The molecule has 0 atom stereocenters. The molecule has 46 heteroatoms. The third-order valence-corrected chi connectivity index (χ3v) is 33.2. The van der Waals surface area contributed by atoms with Crippen LogP contribution < -0.4 is 47.0 Å². The summed E-state index contributed by atoms with van der Waals surface area (Å²) >= 11 is 0. The van der Waals surface area contributed by atoms with Gasteiger partial charge in [0.2, 0.25) is 0 Å². The van der Waals surface area contributed by atoms with Crippen molar-refractivity contribution in [3.63, 3.8) is 0 Å². The van der Waals surface area contributed by atoms with Gasteiger partial charge >= 0.3 is 105 Å². The number of ether oxygens (including phenoxy) is 1. The Labute approximate surface area is 933 Å². The van der Waals surface area contributed by atoms with E-state index in [9.17, 15) is 0 Å². The van der Waals surface area contributed by atoms with Gasteiger partial charge in [0.25, 0.3) is 0 Å². The topological polar surface area (TPSA) is 394 Å². The Morgan fingerprint density at radius 3 is 0.863 bits per heavy atom. The first-order valence-electron chi connectivity index (χ1n) is 41.1. The van der Waals surface area contributed by atoms with Crippen LogP contribution in [0.1, 0.15) is 127 Å². The predicted molar refractivity (Wildman–Crippen MR) is 561 cm³/mol. The van der Waals surface area contributed by atoms with Crippen molar-refractivity contribution in [2.24, 2.45) is 0 Å². The second kappa shape index (κ2) is 58.0. The summed E-state index contributed by atoms with van der Waals surface area (Å²) in [5, 5.41) is 50.5. The first-order chi connectivity index (χ1) is 63.2. The minimum absolute atomic E-state index is 0. The molecular weight excluding hydrogens is 2810 g/mol. The molecule has 4 aromatic carbocycles. The zero-order valence-corrected chi connectivity index (χ0v) is 90.7. The molecule has 0 saturated heterocycles. The molecule has 20 rings (SSSR count). The minimum atomic E-state index is -2.22. The number of benzene rings is 4. The monoisotopic (exact) mass is 2930 g/mol. The van der Waals surface area contributed by atoms with E-state index >= 15 is 0 Å². The number of rotatable bonds is 20. The van der Waals surface area contributed by atoms with Gasteiger partial charge in [0.05, 0.1) is 43.0 Å². The van der Waals surface area contributed by atoms with E-state index in [4.69, 9.17) is 24.7 Å². The number of nitrogens with zero attached hydrogens (tertiary/aromatic N) is 36. The zero-order valence-electron chi connectivity index (χ0n) is 75.3. The van der Waals surface area contributed by atoms with Gasteiger partial charge in [0, 0.05) is 144 Å². The van der Waals surface area contributed by atoms with E-state index in [0.717, 1.165) is 66.3 Å². The van der Waals surface area contributed by atoms with Crippen LogP contribution in [0.3, 0.4) is 0 Å². The summed E-state index contributed by atoms with van der Waals surface area (Å²) in [6.07, 6.45) is 39.5. The van der Waals surface area contributed by atoms with Crippen molar-refractivity contribution in [2.45, 2.75) is 179 Å². The summed E-state index contributed by atoms with van der Waals surface area (Å²) < 4.78 is 21.9. The van der Waals surface area contributed by atoms with E-state index < -0.39 is 32.3 Å². The summed E-state index contributed by atoms with van der Waals surface area (Å²) in [5.41, 5.74) is 3.11. The van der Waals surface area contributed by atoms with Gasteiger partial charge < -0.3 is 82.7 Å². The molecule has 146 heavy (non-hydrogen) atoms. The molecule has 0 amide bonds. The summed E-state index contributed by atoms with van der Waals surface area (Å²) in [6, 6.07) is 68.4. The molecule has 0 fully saturated rings. The maximum Gasteiger partial charge on any atom is 2.00 e. The van der Waals surface area contributed by atoms with Gasteiger partial charge in [-0.2, -0.15) is 79.3 Å². The number of hydrogen-bond donors (Lipinski definition) is 0. The second-order valence-corrected chi connectivity index (χ2v) is 50.5. The zero-order chi connectivity index (χ0) is 91.3. The Kier molecular flexibility index (Phi) is 52.2. The first-order valence-corrected chi connectivity index (χ1v) is 53.1. The van der Waals surface area contributed by atoms with Crippen LogP contribution in [-0.4, -0.2) is 210 Å². The van der Waals surface area contributed by atoms with E-state index in [0.29, 0.717) is 46.7 Å². The number of hydrogen-bond acceptors (Lipinski definition) is 27. The maximum atomic E-state index is 5.82. The third-order valence-electron chi connectivity index (χ3n) is 20.5. The summed E-state index contributed by atoms with van der Waals surface area (Å²) in [5.74, 6) is 6.23. The first kappa shape index (κ1) is 131. The van der Waals surface area contributed by atoms with Crippen molar-refractivity contribution in [1.82, 2.24) is 178 Å².